The molecule has 2 bridgehead atoms. The van der Waals surface area contributed by atoms with Gasteiger partial charge in [-0.1, -0.05) is 29.8 Å². The monoisotopic (exact) mass is 289 g/mol. The maximum absolute atomic E-state index is 12.5. The SMILES string of the molecule is Cc1ccc(N2C(=O)[C@@H]3[C@H](C2=O)[C@H]2C=C[C@H]3O2)cc1Cl. The molecular formula is C15H12ClNO3. The second kappa shape index (κ2) is 3.93. The molecule has 0 aromatic heterocycles. The average Bonchev–Trinajstić information content (AvgIpc) is 3.08. The Labute approximate surface area is 121 Å². The lowest BCUT2D eigenvalue weighted by Crippen LogP contribution is -2.34. The molecule has 0 radical (unpaired) electrons. The van der Waals surface area contributed by atoms with Crippen molar-refractivity contribution < 1.29 is 14.3 Å². The van der Waals surface area contributed by atoms with Crippen molar-refractivity contribution in [2.24, 2.45) is 11.8 Å². The maximum Gasteiger partial charge on any atom is 0.240 e. The van der Waals surface area contributed by atoms with Crippen LogP contribution in [0, 0.1) is 18.8 Å². The lowest BCUT2D eigenvalue weighted by molar-refractivity contribution is -0.124. The Morgan fingerprint density at radius 3 is 2.25 bits per heavy atom. The Kier molecular flexibility index (Phi) is 2.38. The number of fused-ring (bicyclic) bond motifs is 5. The molecule has 20 heavy (non-hydrogen) atoms. The lowest BCUT2D eigenvalue weighted by atomic mass is 9.85. The quantitative estimate of drug-likeness (QED) is 0.587. The van der Waals surface area contributed by atoms with Gasteiger partial charge in [0.15, 0.2) is 0 Å². The van der Waals surface area contributed by atoms with Gasteiger partial charge in [0.2, 0.25) is 11.8 Å². The highest BCUT2D eigenvalue weighted by Crippen LogP contribution is 2.46. The number of nitrogens with zero attached hydrogens (tertiary/aromatic N) is 1. The third-order valence-electron chi connectivity index (χ3n) is 4.32. The van der Waals surface area contributed by atoms with E-state index >= 15 is 0 Å². The van der Waals surface area contributed by atoms with Gasteiger partial charge in [0, 0.05) is 5.02 Å². The van der Waals surface area contributed by atoms with Gasteiger partial charge in [-0.05, 0) is 24.6 Å². The summed E-state index contributed by atoms with van der Waals surface area (Å²) in [5, 5.41) is 0.553. The summed E-state index contributed by atoms with van der Waals surface area (Å²) in [6.07, 6.45) is 3.24. The molecule has 1 aromatic rings. The minimum Gasteiger partial charge on any atom is -0.365 e. The van der Waals surface area contributed by atoms with Gasteiger partial charge >= 0.3 is 0 Å². The molecule has 2 amide bonds. The molecule has 4 nitrogen and oxygen atoms in total. The van der Waals surface area contributed by atoms with Crippen LogP contribution in [0.15, 0.2) is 30.4 Å². The molecule has 2 saturated heterocycles. The summed E-state index contributed by atoms with van der Waals surface area (Å²) in [5.41, 5.74) is 1.46. The Hall–Kier alpha value is -1.65. The fourth-order valence-corrected chi connectivity index (χ4v) is 3.45. The van der Waals surface area contributed by atoms with Crippen LogP contribution in [0.5, 0.6) is 0 Å². The Morgan fingerprint density at radius 2 is 1.70 bits per heavy atom. The number of carbonyl (C=O) groups excluding carboxylic acids is 2. The molecule has 4 rings (SSSR count). The van der Waals surface area contributed by atoms with Crippen LogP contribution >= 0.6 is 11.6 Å². The molecule has 2 fully saturated rings. The number of hydrogen-bond donors (Lipinski definition) is 0. The molecule has 4 atom stereocenters. The van der Waals surface area contributed by atoms with Gasteiger partial charge in [0.25, 0.3) is 0 Å². The van der Waals surface area contributed by atoms with Crippen molar-refractivity contribution in [1.82, 2.24) is 0 Å². The highest BCUT2D eigenvalue weighted by atomic mass is 35.5. The van der Waals surface area contributed by atoms with Crippen LogP contribution in [0.3, 0.4) is 0 Å². The van der Waals surface area contributed by atoms with Crippen LogP contribution in [0.2, 0.25) is 5.02 Å². The van der Waals surface area contributed by atoms with Gasteiger partial charge in [-0.2, -0.15) is 0 Å². The number of benzene rings is 1. The zero-order chi connectivity index (χ0) is 14.0. The van der Waals surface area contributed by atoms with E-state index in [2.05, 4.69) is 0 Å². The molecule has 102 valence electrons. The van der Waals surface area contributed by atoms with Crippen molar-refractivity contribution in [2.75, 3.05) is 4.90 Å². The highest BCUT2D eigenvalue weighted by molar-refractivity contribution is 6.32. The van der Waals surface area contributed by atoms with Gasteiger partial charge in [0.05, 0.1) is 29.7 Å². The van der Waals surface area contributed by atoms with Gasteiger partial charge in [-0.25, -0.2) is 4.90 Å². The van der Waals surface area contributed by atoms with E-state index in [9.17, 15) is 9.59 Å². The first-order valence-electron chi connectivity index (χ1n) is 6.55. The zero-order valence-electron chi connectivity index (χ0n) is 10.7. The molecule has 3 aliphatic heterocycles. The van der Waals surface area contributed by atoms with Crippen LogP contribution < -0.4 is 4.90 Å². The number of hydrogen-bond acceptors (Lipinski definition) is 3. The van der Waals surface area contributed by atoms with Gasteiger partial charge < -0.3 is 4.74 Å². The highest BCUT2D eigenvalue weighted by Gasteiger charge is 2.60. The Morgan fingerprint density at radius 1 is 1.10 bits per heavy atom. The third kappa shape index (κ3) is 1.41. The van der Waals surface area contributed by atoms with E-state index in [1.54, 1.807) is 12.1 Å². The molecule has 3 heterocycles. The van der Waals surface area contributed by atoms with Crippen molar-refractivity contribution in [3.05, 3.63) is 40.9 Å². The van der Waals surface area contributed by atoms with Crippen molar-refractivity contribution in [2.45, 2.75) is 19.1 Å². The van der Waals surface area contributed by atoms with E-state index < -0.39 is 0 Å². The predicted molar refractivity (Wildman–Crippen MR) is 73.5 cm³/mol. The molecule has 5 heteroatoms. The molecular weight excluding hydrogens is 278 g/mol. The number of amides is 2. The van der Waals surface area contributed by atoms with E-state index in [1.807, 2.05) is 25.1 Å². The number of carbonyl (C=O) groups is 2. The van der Waals surface area contributed by atoms with Crippen LogP contribution in [0.4, 0.5) is 5.69 Å². The van der Waals surface area contributed by atoms with Gasteiger partial charge in [-0.15, -0.1) is 0 Å². The number of halogens is 1. The van der Waals surface area contributed by atoms with E-state index in [0.29, 0.717) is 10.7 Å². The summed E-state index contributed by atoms with van der Waals surface area (Å²) in [4.78, 5) is 26.3. The largest absolute Gasteiger partial charge is 0.365 e. The Balaban J connectivity index is 1.76. The molecule has 0 aliphatic carbocycles. The first kappa shape index (κ1) is 12.1. The van der Waals surface area contributed by atoms with Crippen molar-refractivity contribution >= 4 is 29.1 Å². The summed E-state index contributed by atoms with van der Waals surface area (Å²) in [5.74, 6) is -1.12. The third-order valence-corrected chi connectivity index (χ3v) is 4.73. The molecule has 3 aliphatic rings. The molecule has 1 aromatic carbocycles. The predicted octanol–water partition coefficient (Wildman–Crippen LogP) is 2.09. The summed E-state index contributed by atoms with van der Waals surface area (Å²) in [6.45, 7) is 1.88. The number of aryl methyl sites for hydroxylation is 1. The standard InChI is InChI=1S/C15H12ClNO3/c1-7-2-3-8(6-9(7)16)17-14(18)12-10-4-5-11(20-10)13(12)15(17)19/h2-6,10-13H,1H3/t10-,11-,12-,13+/m1/s1. The summed E-state index contributed by atoms with van der Waals surface area (Å²) >= 11 is 6.09. The first-order chi connectivity index (χ1) is 9.58. The number of imide groups is 1. The number of anilines is 1. The lowest BCUT2D eigenvalue weighted by Gasteiger charge is -2.18. The fourth-order valence-electron chi connectivity index (χ4n) is 3.28. The topological polar surface area (TPSA) is 46.6 Å². The van der Waals surface area contributed by atoms with Crippen molar-refractivity contribution in [3.63, 3.8) is 0 Å². The average molecular weight is 290 g/mol. The van der Waals surface area contributed by atoms with E-state index in [0.717, 1.165) is 5.56 Å². The second-order valence-electron chi connectivity index (χ2n) is 5.45. The smallest absolute Gasteiger partial charge is 0.240 e. The summed E-state index contributed by atoms with van der Waals surface area (Å²) in [6, 6.07) is 5.24. The fraction of sp³-hybridized carbons (Fsp3) is 0.333. The molecule has 0 N–H and O–H groups in total. The van der Waals surface area contributed by atoms with E-state index in [4.69, 9.17) is 16.3 Å². The van der Waals surface area contributed by atoms with Gasteiger partial charge in [-0.3, -0.25) is 9.59 Å². The van der Waals surface area contributed by atoms with Crippen molar-refractivity contribution in [3.8, 4) is 0 Å². The second-order valence-corrected chi connectivity index (χ2v) is 5.85. The van der Waals surface area contributed by atoms with Crippen LogP contribution in [0.1, 0.15) is 5.56 Å². The maximum atomic E-state index is 12.5. The van der Waals surface area contributed by atoms with E-state index in [-0.39, 0.29) is 35.9 Å². The zero-order valence-corrected chi connectivity index (χ0v) is 11.5. The van der Waals surface area contributed by atoms with Crippen molar-refractivity contribution in [1.29, 1.82) is 0 Å². The number of ether oxygens (including phenoxy) is 1. The Bertz CT molecular complexity index is 639. The normalized spacial score (nSPS) is 34.2. The minimum absolute atomic E-state index is 0.184. The van der Waals surface area contributed by atoms with E-state index in [1.165, 1.54) is 4.90 Å². The van der Waals surface area contributed by atoms with Gasteiger partial charge in [0.1, 0.15) is 0 Å². The first-order valence-corrected chi connectivity index (χ1v) is 6.93. The molecule has 0 unspecified atom stereocenters. The van der Waals surface area contributed by atoms with Crippen LogP contribution in [0.25, 0.3) is 0 Å². The molecule has 0 spiro atoms. The molecule has 0 saturated carbocycles. The van der Waals surface area contributed by atoms with Crippen LogP contribution in [-0.4, -0.2) is 24.0 Å². The minimum atomic E-state index is -0.377. The number of rotatable bonds is 1. The summed E-state index contributed by atoms with van der Waals surface area (Å²) < 4.78 is 5.60. The van der Waals surface area contributed by atoms with Crippen LogP contribution in [-0.2, 0) is 14.3 Å². The summed E-state index contributed by atoms with van der Waals surface area (Å²) in [7, 11) is 0.